The number of Topliss-reactive ketones (excluding diaryl/α,β-unsaturated/α-hetero) is 1. The molecule has 0 aliphatic rings. The summed E-state index contributed by atoms with van der Waals surface area (Å²) < 4.78 is 10.3. The van der Waals surface area contributed by atoms with Crippen LogP contribution in [0, 0.1) is 0 Å². The quantitative estimate of drug-likeness (QED) is 0.619. The van der Waals surface area contributed by atoms with Crippen molar-refractivity contribution in [3.05, 3.63) is 59.7 Å². The van der Waals surface area contributed by atoms with Crippen LogP contribution in [0.5, 0.6) is 11.5 Å². The summed E-state index contributed by atoms with van der Waals surface area (Å²) in [6, 6.07) is 14.3. The number of ketones is 1. The Labute approximate surface area is 123 Å². The number of carbonyl (C=O) groups is 1. The second kappa shape index (κ2) is 6.44. The molecule has 0 heterocycles. The van der Waals surface area contributed by atoms with Crippen LogP contribution in [-0.4, -0.2) is 20.0 Å². The van der Waals surface area contributed by atoms with Gasteiger partial charge in [0.05, 0.1) is 14.2 Å². The Morgan fingerprint density at radius 1 is 1.00 bits per heavy atom. The number of carbonyl (C=O) groups excluding carboxylic acids is 1. The summed E-state index contributed by atoms with van der Waals surface area (Å²) >= 11 is 6.24. The minimum absolute atomic E-state index is 0.168. The molecule has 2 aromatic rings. The van der Waals surface area contributed by atoms with Crippen LogP contribution in [-0.2, 0) is 0 Å². The van der Waals surface area contributed by atoms with Crippen molar-refractivity contribution in [1.29, 1.82) is 0 Å². The summed E-state index contributed by atoms with van der Waals surface area (Å²) in [5.74, 6) is 0.920. The van der Waals surface area contributed by atoms with Crippen molar-refractivity contribution in [2.24, 2.45) is 0 Å². The first kappa shape index (κ1) is 14.4. The molecule has 3 nitrogen and oxygen atoms in total. The Hall–Kier alpha value is -2.00. The van der Waals surface area contributed by atoms with Crippen LogP contribution in [0.4, 0.5) is 0 Å². The van der Waals surface area contributed by atoms with E-state index in [0.717, 1.165) is 5.56 Å². The van der Waals surface area contributed by atoms with E-state index in [1.54, 1.807) is 25.3 Å². The number of benzene rings is 2. The molecule has 1 unspecified atom stereocenters. The molecule has 0 aliphatic heterocycles. The lowest BCUT2D eigenvalue weighted by Crippen LogP contribution is -2.08. The third kappa shape index (κ3) is 2.94. The zero-order chi connectivity index (χ0) is 14.5. The second-order valence-electron chi connectivity index (χ2n) is 4.21. The molecule has 0 amide bonds. The molecule has 0 spiro atoms. The van der Waals surface area contributed by atoms with Crippen molar-refractivity contribution < 1.29 is 14.3 Å². The molecular weight excluding hydrogens is 276 g/mol. The molecule has 1 atom stereocenters. The number of halogens is 1. The number of methoxy groups -OCH3 is 2. The average molecular weight is 291 g/mol. The highest BCUT2D eigenvalue weighted by molar-refractivity contribution is 6.33. The molecular formula is C16H15ClO3. The van der Waals surface area contributed by atoms with Gasteiger partial charge in [0.15, 0.2) is 17.3 Å². The lowest BCUT2D eigenvalue weighted by molar-refractivity contribution is 0.0986. The van der Waals surface area contributed by atoms with Gasteiger partial charge in [0.1, 0.15) is 5.38 Å². The van der Waals surface area contributed by atoms with Crippen LogP contribution in [0.15, 0.2) is 48.5 Å². The maximum atomic E-state index is 12.4. The Balaban J connectivity index is 2.29. The fourth-order valence-electron chi connectivity index (χ4n) is 1.91. The van der Waals surface area contributed by atoms with Gasteiger partial charge >= 0.3 is 0 Å². The third-order valence-electron chi connectivity index (χ3n) is 2.99. The predicted molar refractivity (Wildman–Crippen MR) is 78.9 cm³/mol. The number of ether oxygens (including phenoxy) is 2. The summed E-state index contributed by atoms with van der Waals surface area (Å²) in [5, 5.41) is -0.714. The van der Waals surface area contributed by atoms with Crippen molar-refractivity contribution in [2.75, 3.05) is 14.2 Å². The first-order chi connectivity index (χ1) is 9.67. The van der Waals surface area contributed by atoms with Crippen LogP contribution in [0.2, 0.25) is 0 Å². The summed E-state index contributed by atoms with van der Waals surface area (Å²) in [5.41, 5.74) is 1.26. The minimum atomic E-state index is -0.714. The van der Waals surface area contributed by atoms with Crippen LogP contribution < -0.4 is 9.47 Å². The first-order valence-corrected chi connectivity index (χ1v) is 6.56. The fourth-order valence-corrected chi connectivity index (χ4v) is 2.18. The summed E-state index contributed by atoms with van der Waals surface area (Å²) in [7, 11) is 3.08. The molecule has 104 valence electrons. The topological polar surface area (TPSA) is 35.5 Å². The largest absolute Gasteiger partial charge is 0.493 e. The highest BCUT2D eigenvalue weighted by atomic mass is 35.5. The van der Waals surface area contributed by atoms with Crippen molar-refractivity contribution >= 4 is 17.4 Å². The smallest absolute Gasteiger partial charge is 0.185 e. The fraction of sp³-hybridized carbons (Fsp3) is 0.188. The Morgan fingerprint density at radius 3 is 2.25 bits per heavy atom. The van der Waals surface area contributed by atoms with Gasteiger partial charge in [0.25, 0.3) is 0 Å². The summed E-state index contributed by atoms with van der Waals surface area (Å²) in [6.45, 7) is 0. The summed E-state index contributed by atoms with van der Waals surface area (Å²) in [4.78, 5) is 12.4. The number of hydrogen-bond acceptors (Lipinski definition) is 3. The third-order valence-corrected chi connectivity index (χ3v) is 3.44. The standard InChI is InChI=1S/C16H15ClO3/c1-19-13-9-8-12(10-14(13)20-2)16(18)15(17)11-6-4-3-5-7-11/h3-10,15H,1-2H3. The minimum Gasteiger partial charge on any atom is -0.493 e. The van der Waals surface area contributed by atoms with E-state index in [2.05, 4.69) is 0 Å². The molecule has 0 bridgehead atoms. The molecule has 0 radical (unpaired) electrons. The zero-order valence-corrected chi connectivity index (χ0v) is 12.1. The van der Waals surface area contributed by atoms with Gasteiger partial charge in [-0.05, 0) is 23.8 Å². The van der Waals surface area contributed by atoms with Crippen LogP contribution in [0.1, 0.15) is 21.3 Å². The van der Waals surface area contributed by atoms with Crippen LogP contribution in [0.3, 0.4) is 0 Å². The Bertz CT molecular complexity index is 596. The molecule has 0 saturated carbocycles. The molecule has 4 heteroatoms. The van der Waals surface area contributed by atoms with E-state index in [0.29, 0.717) is 17.1 Å². The zero-order valence-electron chi connectivity index (χ0n) is 11.3. The van der Waals surface area contributed by atoms with Crippen molar-refractivity contribution in [1.82, 2.24) is 0 Å². The maximum absolute atomic E-state index is 12.4. The Morgan fingerprint density at radius 2 is 1.65 bits per heavy atom. The monoisotopic (exact) mass is 290 g/mol. The van der Waals surface area contributed by atoms with E-state index in [1.165, 1.54) is 7.11 Å². The van der Waals surface area contributed by atoms with Gasteiger partial charge in [-0.25, -0.2) is 0 Å². The molecule has 0 fully saturated rings. The van der Waals surface area contributed by atoms with E-state index >= 15 is 0 Å². The predicted octanol–water partition coefficient (Wildman–Crippen LogP) is 3.87. The second-order valence-corrected chi connectivity index (χ2v) is 4.64. The van der Waals surface area contributed by atoms with Crippen molar-refractivity contribution in [2.45, 2.75) is 5.38 Å². The lowest BCUT2D eigenvalue weighted by atomic mass is 10.0. The van der Waals surface area contributed by atoms with E-state index in [4.69, 9.17) is 21.1 Å². The molecule has 2 rings (SSSR count). The van der Waals surface area contributed by atoms with Crippen molar-refractivity contribution in [3.63, 3.8) is 0 Å². The highest BCUT2D eigenvalue weighted by Crippen LogP contribution is 2.31. The number of hydrogen-bond donors (Lipinski definition) is 0. The number of rotatable bonds is 5. The molecule has 0 N–H and O–H groups in total. The van der Waals surface area contributed by atoms with E-state index in [1.807, 2.05) is 30.3 Å². The molecule has 0 aliphatic carbocycles. The van der Waals surface area contributed by atoms with Gasteiger partial charge in [-0.15, -0.1) is 11.6 Å². The molecule has 2 aromatic carbocycles. The maximum Gasteiger partial charge on any atom is 0.185 e. The van der Waals surface area contributed by atoms with Gasteiger partial charge in [-0.1, -0.05) is 30.3 Å². The van der Waals surface area contributed by atoms with Gasteiger partial charge in [0, 0.05) is 5.56 Å². The van der Waals surface area contributed by atoms with E-state index < -0.39 is 5.38 Å². The van der Waals surface area contributed by atoms with E-state index in [9.17, 15) is 4.79 Å². The van der Waals surface area contributed by atoms with E-state index in [-0.39, 0.29) is 5.78 Å². The van der Waals surface area contributed by atoms with Gasteiger partial charge in [-0.2, -0.15) is 0 Å². The van der Waals surface area contributed by atoms with Crippen molar-refractivity contribution in [3.8, 4) is 11.5 Å². The van der Waals surface area contributed by atoms with Gasteiger partial charge in [-0.3, -0.25) is 4.79 Å². The molecule has 20 heavy (non-hydrogen) atoms. The molecule has 0 aromatic heterocycles. The first-order valence-electron chi connectivity index (χ1n) is 6.12. The number of alkyl halides is 1. The lowest BCUT2D eigenvalue weighted by Gasteiger charge is -2.12. The van der Waals surface area contributed by atoms with Crippen LogP contribution >= 0.6 is 11.6 Å². The highest BCUT2D eigenvalue weighted by Gasteiger charge is 2.20. The average Bonchev–Trinajstić information content (AvgIpc) is 2.53. The van der Waals surface area contributed by atoms with Crippen LogP contribution in [0.25, 0.3) is 0 Å². The summed E-state index contributed by atoms with van der Waals surface area (Å²) in [6.07, 6.45) is 0. The SMILES string of the molecule is COc1ccc(C(=O)C(Cl)c2ccccc2)cc1OC. The van der Waals surface area contributed by atoms with Gasteiger partial charge < -0.3 is 9.47 Å². The van der Waals surface area contributed by atoms with Gasteiger partial charge in [0.2, 0.25) is 0 Å². The normalized spacial score (nSPS) is 11.8. The molecule has 0 saturated heterocycles. The Kier molecular flexibility index (Phi) is 4.64.